The molecule has 0 radical (unpaired) electrons. The molecule has 0 fully saturated rings. The summed E-state index contributed by atoms with van der Waals surface area (Å²) in [5.74, 6) is -1.18. The van der Waals surface area contributed by atoms with Gasteiger partial charge < -0.3 is 15.1 Å². The summed E-state index contributed by atoms with van der Waals surface area (Å²) in [6.45, 7) is 4.07. The fourth-order valence-electron chi connectivity index (χ4n) is 0.705. The van der Waals surface area contributed by atoms with Crippen molar-refractivity contribution in [2.75, 3.05) is 20.1 Å². The van der Waals surface area contributed by atoms with Gasteiger partial charge in [0.2, 0.25) is 0 Å². The smallest absolute Gasteiger partial charge is 0.336 e. The lowest BCUT2D eigenvalue weighted by molar-refractivity contribution is -0.158. The number of carboxylic acid groups (broad SMARTS) is 1. The molecule has 0 aromatic heterocycles. The molecule has 66 valence electrons. The lowest BCUT2D eigenvalue weighted by atomic mass is 10.1. The SMILES string of the molecule is CCN(C)CC(C)(O)C(=O)O. The predicted octanol–water partition coefficient (Wildman–Crippen LogP) is -0.226. The second kappa shape index (κ2) is 3.69. The minimum atomic E-state index is -1.63. The molecule has 4 nitrogen and oxygen atoms in total. The summed E-state index contributed by atoms with van der Waals surface area (Å²) in [5.41, 5.74) is -1.63. The van der Waals surface area contributed by atoms with E-state index in [1.54, 1.807) is 11.9 Å². The van der Waals surface area contributed by atoms with E-state index in [2.05, 4.69) is 0 Å². The highest BCUT2D eigenvalue weighted by atomic mass is 16.4. The van der Waals surface area contributed by atoms with E-state index < -0.39 is 11.6 Å². The first kappa shape index (κ1) is 10.4. The molecule has 0 spiro atoms. The van der Waals surface area contributed by atoms with E-state index in [4.69, 9.17) is 5.11 Å². The zero-order chi connectivity index (χ0) is 9.07. The number of carboxylic acids is 1. The van der Waals surface area contributed by atoms with Crippen molar-refractivity contribution in [3.8, 4) is 0 Å². The Morgan fingerprint density at radius 1 is 1.64 bits per heavy atom. The fraction of sp³-hybridized carbons (Fsp3) is 0.857. The lowest BCUT2D eigenvalue weighted by Crippen LogP contribution is -2.45. The summed E-state index contributed by atoms with van der Waals surface area (Å²) in [7, 11) is 1.76. The largest absolute Gasteiger partial charge is 0.479 e. The Morgan fingerprint density at radius 2 is 2.09 bits per heavy atom. The van der Waals surface area contributed by atoms with Crippen LogP contribution in [0.3, 0.4) is 0 Å². The Kier molecular flexibility index (Phi) is 3.48. The third kappa shape index (κ3) is 3.34. The van der Waals surface area contributed by atoms with Gasteiger partial charge >= 0.3 is 5.97 Å². The maximum atomic E-state index is 10.4. The highest BCUT2D eigenvalue weighted by molar-refractivity contribution is 5.76. The standard InChI is InChI=1S/C7H15NO3/c1-4-8(3)5-7(2,11)6(9)10/h11H,4-5H2,1-3H3,(H,9,10). The molecule has 0 bridgehead atoms. The van der Waals surface area contributed by atoms with Crippen LogP contribution in [0.5, 0.6) is 0 Å². The van der Waals surface area contributed by atoms with E-state index in [1.807, 2.05) is 6.92 Å². The number of likely N-dealkylation sites (N-methyl/N-ethyl adjacent to an activating group) is 1. The summed E-state index contributed by atoms with van der Waals surface area (Å²) in [4.78, 5) is 12.1. The first-order valence-electron chi connectivity index (χ1n) is 3.54. The Morgan fingerprint density at radius 3 is 2.36 bits per heavy atom. The molecule has 11 heavy (non-hydrogen) atoms. The molecule has 2 N–H and O–H groups in total. The second-order valence-electron chi connectivity index (χ2n) is 2.91. The molecular formula is C7H15NO3. The first-order valence-corrected chi connectivity index (χ1v) is 3.54. The monoisotopic (exact) mass is 161 g/mol. The van der Waals surface area contributed by atoms with Gasteiger partial charge in [0.05, 0.1) is 0 Å². The van der Waals surface area contributed by atoms with E-state index >= 15 is 0 Å². The quantitative estimate of drug-likeness (QED) is 0.598. The lowest BCUT2D eigenvalue weighted by Gasteiger charge is -2.23. The Hall–Kier alpha value is -0.610. The number of nitrogens with zero attached hydrogens (tertiary/aromatic N) is 1. The van der Waals surface area contributed by atoms with Crippen LogP contribution in [0.25, 0.3) is 0 Å². The third-order valence-electron chi connectivity index (χ3n) is 1.58. The van der Waals surface area contributed by atoms with Gasteiger partial charge in [-0.2, -0.15) is 0 Å². The van der Waals surface area contributed by atoms with Gasteiger partial charge in [0, 0.05) is 6.54 Å². The van der Waals surface area contributed by atoms with Crippen LogP contribution >= 0.6 is 0 Å². The van der Waals surface area contributed by atoms with Gasteiger partial charge in [-0.1, -0.05) is 6.92 Å². The first-order chi connectivity index (χ1) is 4.90. The van der Waals surface area contributed by atoms with Gasteiger partial charge in [-0.05, 0) is 20.5 Å². The normalized spacial score (nSPS) is 16.5. The Balaban J connectivity index is 4.01. The van der Waals surface area contributed by atoms with Crippen LogP contribution in [-0.4, -0.2) is 46.8 Å². The zero-order valence-electron chi connectivity index (χ0n) is 7.16. The molecule has 0 aliphatic rings. The molecule has 0 aromatic carbocycles. The number of carbonyl (C=O) groups is 1. The number of aliphatic carboxylic acids is 1. The van der Waals surface area contributed by atoms with Gasteiger partial charge in [0.15, 0.2) is 5.60 Å². The molecule has 0 aromatic rings. The van der Waals surface area contributed by atoms with Gasteiger partial charge in [-0.15, -0.1) is 0 Å². The predicted molar refractivity (Wildman–Crippen MR) is 41.4 cm³/mol. The van der Waals surface area contributed by atoms with E-state index in [9.17, 15) is 9.90 Å². The number of hydrogen-bond acceptors (Lipinski definition) is 3. The van der Waals surface area contributed by atoms with Crippen LogP contribution in [0.2, 0.25) is 0 Å². The summed E-state index contributed by atoms with van der Waals surface area (Å²) in [6.07, 6.45) is 0. The van der Waals surface area contributed by atoms with Crippen LogP contribution < -0.4 is 0 Å². The topological polar surface area (TPSA) is 60.8 Å². The maximum absolute atomic E-state index is 10.4. The molecule has 0 heterocycles. The number of hydrogen-bond donors (Lipinski definition) is 2. The van der Waals surface area contributed by atoms with Crippen molar-refractivity contribution in [1.82, 2.24) is 4.90 Å². The summed E-state index contributed by atoms with van der Waals surface area (Å²) < 4.78 is 0. The van der Waals surface area contributed by atoms with Crippen molar-refractivity contribution in [2.24, 2.45) is 0 Å². The van der Waals surface area contributed by atoms with E-state index in [1.165, 1.54) is 6.92 Å². The van der Waals surface area contributed by atoms with E-state index in [0.717, 1.165) is 6.54 Å². The Bertz CT molecular complexity index is 145. The van der Waals surface area contributed by atoms with Crippen LogP contribution in [0.1, 0.15) is 13.8 Å². The molecule has 1 atom stereocenters. The second-order valence-corrected chi connectivity index (χ2v) is 2.91. The minimum Gasteiger partial charge on any atom is -0.479 e. The van der Waals surface area contributed by atoms with Crippen molar-refractivity contribution in [1.29, 1.82) is 0 Å². The molecule has 0 saturated carbocycles. The molecular weight excluding hydrogens is 146 g/mol. The fourth-order valence-corrected chi connectivity index (χ4v) is 0.705. The average molecular weight is 161 g/mol. The van der Waals surface area contributed by atoms with Crippen LogP contribution in [-0.2, 0) is 4.79 Å². The van der Waals surface area contributed by atoms with Crippen molar-refractivity contribution in [3.63, 3.8) is 0 Å². The number of aliphatic hydroxyl groups is 1. The van der Waals surface area contributed by atoms with Crippen molar-refractivity contribution < 1.29 is 15.0 Å². The number of rotatable bonds is 4. The van der Waals surface area contributed by atoms with Gasteiger partial charge in [-0.25, -0.2) is 4.79 Å². The van der Waals surface area contributed by atoms with Crippen LogP contribution in [0.15, 0.2) is 0 Å². The third-order valence-corrected chi connectivity index (χ3v) is 1.58. The summed E-state index contributed by atoms with van der Waals surface area (Å²) in [6, 6.07) is 0. The molecule has 4 heteroatoms. The van der Waals surface area contributed by atoms with Crippen molar-refractivity contribution >= 4 is 5.97 Å². The Labute approximate surface area is 66.4 Å². The summed E-state index contributed by atoms with van der Waals surface area (Å²) >= 11 is 0. The highest BCUT2D eigenvalue weighted by Crippen LogP contribution is 2.04. The molecule has 0 amide bonds. The van der Waals surface area contributed by atoms with Crippen molar-refractivity contribution in [3.05, 3.63) is 0 Å². The molecule has 0 saturated heterocycles. The molecule has 0 aliphatic heterocycles. The van der Waals surface area contributed by atoms with Crippen molar-refractivity contribution in [2.45, 2.75) is 19.4 Å². The minimum absolute atomic E-state index is 0.152. The maximum Gasteiger partial charge on any atom is 0.336 e. The van der Waals surface area contributed by atoms with Crippen LogP contribution in [0, 0.1) is 0 Å². The van der Waals surface area contributed by atoms with E-state index in [-0.39, 0.29) is 6.54 Å². The van der Waals surface area contributed by atoms with Gasteiger partial charge in [0.25, 0.3) is 0 Å². The van der Waals surface area contributed by atoms with Gasteiger partial charge in [-0.3, -0.25) is 0 Å². The summed E-state index contributed by atoms with van der Waals surface area (Å²) in [5, 5.41) is 17.8. The van der Waals surface area contributed by atoms with E-state index in [0.29, 0.717) is 0 Å². The molecule has 0 rings (SSSR count). The average Bonchev–Trinajstić information content (AvgIpc) is 1.86. The van der Waals surface area contributed by atoms with Gasteiger partial charge in [0.1, 0.15) is 0 Å². The zero-order valence-corrected chi connectivity index (χ0v) is 7.16. The molecule has 1 unspecified atom stereocenters. The highest BCUT2D eigenvalue weighted by Gasteiger charge is 2.30. The van der Waals surface area contributed by atoms with Crippen LogP contribution in [0.4, 0.5) is 0 Å². The molecule has 0 aliphatic carbocycles.